The van der Waals surface area contributed by atoms with E-state index in [-0.39, 0.29) is 61.2 Å². The number of fused-ring (bicyclic) bond motifs is 2. The fourth-order valence-corrected chi connectivity index (χ4v) is 8.90. The third-order valence-corrected chi connectivity index (χ3v) is 13.4. The van der Waals surface area contributed by atoms with Crippen molar-refractivity contribution in [2.45, 2.75) is 65.8 Å². The zero-order valence-electron chi connectivity index (χ0n) is 34.0. The number of aromatic nitrogens is 4. The minimum absolute atomic E-state index is 0.0323. The van der Waals surface area contributed by atoms with Crippen molar-refractivity contribution in [2.24, 2.45) is 0 Å². The molecule has 0 atom stereocenters. The number of hydrogen-bond donors (Lipinski definition) is 2. The maximum atomic E-state index is 13.4. The molecule has 0 aliphatic rings. The highest BCUT2D eigenvalue weighted by Crippen LogP contribution is 2.28. The van der Waals surface area contributed by atoms with Crippen LogP contribution in [0.15, 0.2) is 164 Å². The Kier molecular flexibility index (Phi) is 12.2. The van der Waals surface area contributed by atoms with Gasteiger partial charge in [0.25, 0.3) is 11.8 Å². The summed E-state index contributed by atoms with van der Waals surface area (Å²) in [5.41, 5.74) is 3.50. The molecule has 4 heterocycles. The second-order valence-corrected chi connectivity index (χ2v) is 19.2. The standard InChI is InChI=1S/C25H24N2O4S.C21H17FN4O3S/c1-25(2,3)19-5-4-6-21(14-19)32(29,30)20-9-7-17(8-10-20)15-27-24(28)22-13-18-11-12-26-16-23(18)31-22;1-14-10-18(6-7-19(14)22)30(28,29)17-4-2-15(3-5-17)11-24-20(27)16-12-25-21-23-8-9-26(21)13-16/h4-14,16H,15H2,1-3H3,(H,27,28);2-10,12-13H,11H2,1H3,(H,24,27). The summed E-state index contributed by atoms with van der Waals surface area (Å²) in [6.45, 7) is 8.11. The molecule has 0 spiro atoms. The molecule has 8 rings (SSSR count). The SMILES string of the molecule is CC(C)(C)c1cccc(S(=O)(=O)c2ccc(CNC(=O)c3cc4ccncc4o3)cc2)c1.Cc1cc(S(=O)(=O)c2ccc(CNC(=O)c3cnc4nccn4c3)cc2)ccc1F. The molecular weight excluding hydrogens is 832 g/mol. The number of furan rings is 1. The van der Waals surface area contributed by atoms with E-state index in [1.807, 2.05) is 26.8 Å². The van der Waals surface area contributed by atoms with E-state index < -0.39 is 25.5 Å². The molecule has 16 heteroatoms. The number of carbonyl (C=O) groups excluding carboxylic acids is 2. The average Bonchev–Trinajstić information content (AvgIpc) is 3.93. The lowest BCUT2D eigenvalue weighted by Crippen LogP contribution is -2.23. The Morgan fingerprint density at radius 1 is 0.710 bits per heavy atom. The van der Waals surface area contributed by atoms with E-state index in [1.165, 1.54) is 37.4 Å². The number of sulfone groups is 2. The second kappa shape index (κ2) is 17.5. The molecule has 4 aromatic heterocycles. The number of imidazole rings is 1. The molecule has 0 saturated carbocycles. The summed E-state index contributed by atoms with van der Waals surface area (Å²) in [7, 11) is -7.39. The van der Waals surface area contributed by atoms with Crippen LogP contribution in [0.3, 0.4) is 0 Å². The predicted octanol–water partition coefficient (Wildman–Crippen LogP) is 7.83. The zero-order valence-corrected chi connectivity index (χ0v) is 35.7. The second-order valence-electron chi connectivity index (χ2n) is 15.4. The summed E-state index contributed by atoms with van der Waals surface area (Å²) < 4.78 is 72.2. The molecule has 316 valence electrons. The molecule has 62 heavy (non-hydrogen) atoms. The first kappa shape index (κ1) is 43.1. The maximum absolute atomic E-state index is 13.4. The molecule has 4 aromatic carbocycles. The summed E-state index contributed by atoms with van der Waals surface area (Å²) >= 11 is 0. The Bertz CT molecular complexity index is 3130. The number of amides is 2. The van der Waals surface area contributed by atoms with Gasteiger partial charge in [0.15, 0.2) is 11.3 Å². The fourth-order valence-electron chi connectivity index (χ4n) is 6.24. The highest BCUT2D eigenvalue weighted by atomic mass is 32.2. The van der Waals surface area contributed by atoms with Gasteiger partial charge in [-0.15, -0.1) is 0 Å². The van der Waals surface area contributed by atoms with Gasteiger partial charge in [-0.1, -0.05) is 57.2 Å². The van der Waals surface area contributed by atoms with Crippen LogP contribution in [0.5, 0.6) is 0 Å². The van der Waals surface area contributed by atoms with Gasteiger partial charge in [0.2, 0.25) is 25.5 Å². The van der Waals surface area contributed by atoms with Gasteiger partial charge in [0, 0.05) is 49.5 Å². The van der Waals surface area contributed by atoms with Crippen molar-refractivity contribution in [3.8, 4) is 0 Å². The van der Waals surface area contributed by atoms with Gasteiger partial charge in [0.1, 0.15) is 5.82 Å². The monoisotopic (exact) mass is 872 g/mol. The van der Waals surface area contributed by atoms with Crippen molar-refractivity contribution in [3.05, 3.63) is 180 Å². The third-order valence-electron chi connectivity index (χ3n) is 9.88. The fraction of sp³-hybridized carbons (Fsp3) is 0.152. The molecule has 0 unspecified atom stereocenters. The molecule has 0 aliphatic heterocycles. The van der Waals surface area contributed by atoms with Gasteiger partial charge >= 0.3 is 0 Å². The maximum Gasteiger partial charge on any atom is 0.287 e. The van der Waals surface area contributed by atoms with Gasteiger partial charge < -0.3 is 15.1 Å². The Morgan fingerprint density at radius 2 is 1.32 bits per heavy atom. The van der Waals surface area contributed by atoms with Crippen LogP contribution in [0.2, 0.25) is 0 Å². The summed E-state index contributed by atoms with van der Waals surface area (Å²) in [4.78, 5) is 37.4. The molecule has 13 nitrogen and oxygen atoms in total. The van der Waals surface area contributed by atoms with Gasteiger partial charge in [-0.25, -0.2) is 31.2 Å². The molecule has 0 fully saturated rings. The van der Waals surface area contributed by atoms with Crippen LogP contribution in [0, 0.1) is 12.7 Å². The van der Waals surface area contributed by atoms with Crippen LogP contribution in [-0.4, -0.2) is 48.0 Å². The number of rotatable bonds is 10. The highest BCUT2D eigenvalue weighted by Gasteiger charge is 2.22. The van der Waals surface area contributed by atoms with E-state index in [9.17, 15) is 30.8 Å². The molecule has 0 saturated heterocycles. The van der Waals surface area contributed by atoms with Gasteiger partial charge in [-0.05, 0) is 101 Å². The first-order chi connectivity index (χ1) is 29.5. The average molecular weight is 873 g/mol. The normalized spacial score (nSPS) is 11.8. The molecule has 0 radical (unpaired) electrons. The molecular formula is C46H41FN6O7S2. The Hall–Kier alpha value is -7.04. The molecule has 8 aromatic rings. The smallest absolute Gasteiger partial charge is 0.287 e. The van der Waals surface area contributed by atoms with Crippen molar-refractivity contribution in [2.75, 3.05) is 0 Å². The van der Waals surface area contributed by atoms with E-state index in [0.717, 1.165) is 28.1 Å². The Labute approximate surface area is 357 Å². The highest BCUT2D eigenvalue weighted by molar-refractivity contribution is 7.91. The first-order valence-corrected chi connectivity index (χ1v) is 22.2. The molecule has 2 amide bonds. The van der Waals surface area contributed by atoms with Crippen molar-refractivity contribution in [3.63, 3.8) is 0 Å². The van der Waals surface area contributed by atoms with E-state index in [1.54, 1.807) is 102 Å². The van der Waals surface area contributed by atoms with E-state index in [0.29, 0.717) is 16.9 Å². The predicted molar refractivity (Wildman–Crippen MR) is 229 cm³/mol. The number of carbonyl (C=O) groups is 2. The van der Waals surface area contributed by atoms with Crippen LogP contribution in [0.4, 0.5) is 4.39 Å². The van der Waals surface area contributed by atoms with Gasteiger partial charge in [-0.3, -0.25) is 19.0 Å². The lowest BCUT2D eigenvalue weighted by atomic mass is 9.87. The van der Waals surface area contributed by atoms with Crippen molar-refractivity contribution >= 4 is 48.2 Å². The van der Waals surface area contributed by atoms with Gasteiger partial charge in [0.05, 0.1) is 31.3 Å². The van der Waals surface area contributed by atoms with E-state index >= 15 is 0 Å². The largest absolute Gasteiger partial charge is 0.449 e. The summed E-state index contributed by atoms with van der Waals surface area (Å²) in [5, 5.41) is 6.36. The summed E-state index contributed by atoms with van der Waals surface area (Å²) in [5.74, 6) is -0.415. The number of nitrogens with zero attached hydrogens (tertiary/aromatic N) is 4. The minimum Gasteiger partial charge on any atom is -0.449 e. The van der Waals surface area contributed by atoms with Crippen molar-refractivity contribution in [1.82, 2.24) is 30.0 Å². The quantitative estimate of drug-likeness (QED) is 0.129. The van der Waals surface area contributed by atoms with Crippen LogP contribution < -0.4 is 10.6 Å². The lowest BCUT2D eigenvalue weighted by Gasteiger charge is -2.19. The van der Waals surface area contributed by atoms with Crippen molar-refractivity contribution < 1.29 is 35.2 Å². The van der Waals surface area contributed by atoms with Crippen LogP contribution in [0.1, 0.15) is 63.9 Å². The topological polar surface area (TPSA) is 183 Å². The number of pyridine rings is 1. The molecule has 0 bridgehead atoms. The Morgan fingerprint density at radius 3 is 1.94 bits per heavy atom. The number of nitrogens with one attached hydrogen (secondary N) is 2. The van der Waals surface area contributed by atoms with Gasteiger partial charge in [-0.2, -0.15) is 0 Å². The number of halogens is 1. The third kappa shape index (κ3) is 9.61. The lowest BCUT2D eigenvalue weighted by molar-refractivity contribution is 0.0923. The van der Waals surface area contributed by atoms with E-state index in [2.05, 4.69) is 25.6 Å². The molecule has 2 N–H and O–H groups in total. The van der Waals surface area contributed by atoms with E-state index in [4.69, 9.17) is 4.42 Å². The number of benzene rings is 4. The first-order valence-electron chi connectivity index (χ1n) is 19.2. The van der Waals surface area contributed by atoms with Crippen LogP contribution >= 0.6 is 0 Å². The number of hydrogen-bond acceptors (Lipinski definition) is 10. The minimum atomic E-state index is -3.76. The summed E-state index contributed by atoms with van der Waals surface area (Å²) in [6, 6.07) is 26.9. The summed E-state index contributed by atoms with van der Waals surface area (Å²) in [6.07, 6.45) is 9.55. The van der Waals surface area contributed by atoms with Crippen LogP contribution in [0.25, 0.3) is 16.7 Å². The zero-order chi connectivity index (χ0) is 44.2. The molecule has 0 aliphatic carbocycles. The number of aryl methyl sites for hydroxylation is 1. The van der Waals surface area contributed by atoms with Crippen LogP contribution in [-0.2, 0) is 38.2 Å². The van der Waals surface area contributed by atoms with Crippen molar-refractivity contribution in [1.29, 1.82) is 0 Å². The Balaban J connectivity index is 0.000000187.